The van der Waals surface area contributed by atoms with Gasteiger partial charge in [-0.3, -0.25) is 24.5 Å². The van der Waals surface area contributed by atoms with Crippen molar-refractivity contribution in [2.45, 2.75) is 26.0 Å². The maximum absolute atomic E-state index is 13.7. The molecule has 2 fully saturated rings. The zero-order valence-corrected chi connectivity index (χ0v) is 18.0. The second-order valence-electron chi connectivity index (χ2n) is 8.31. The topological polar surface area (TPSA) is 93.0 Å². The normalized spacial score (nSPS) is 22.1. The average molecular weight is 443 g/mol. The van der Waals surface area contributed by atoms with E-state index >= 15 is 0 Å². The highest BCUT2D eigenvalue weighted by Gasteiger charge is 2.60. The van der Waals surface area contributed by atoms with Crippen LogP contribution >= 0.6 is 0 Å². The number of para-hydroxylation sites is 1. The Labute approximate surface area is 190 Å². The number of aryl methyl sites for hydroxylation is 2. The minimum absolute atomic E-state index is 0.0908. The van der Waals surface area contributed by atoms with E-state index in [4.69, 9.17) is 4.84 Å². The van der Waals surface area contributed by atoms with Crippen molar-refractivity contribution in [3.05, 3.63) is 99.6 Å². The van der Waals surface area contributed by atoms with Gasteiger partial charge in [-0.1, -0.05) is 48.0 Å². The summed E-state index contributed by atoms with van der Waals surface area (Å²) in [5, 5.41) is 12.9. The Morgan fingerprint density at radius 1 is 0.909 bits per heavy atom. The number of rotatable bonds is 4. The van der Waals surface area contributed by atoms with Crippen molar-refractivity contribution in [3.63, 3.8) is 0 Å². The molecule has 2 aliphatic heterocycles. The van der Waals surface area contributed by atoms with Crippen LogP contribution in [0.1, 0.15) is 22.7 Å². The number of nitrogens with zero attached hydrogens (tertiary/aromatic N) is 3. The van der Waals surface area contributed by atoms with E-state index in [1.54, 1.807) is 18.2 Å². The molecule has 0 N–H and O–H groups in total. The van der Waals surface area contributed by atoms with Gasteiger partial charge in [-0.15, -0.1) is 0 Å². The van der Waals surface area contributed by atoms with Gasteiger partial charge in [0.15, 0.2) is 6.10 Å². The zero-order valence-electron chi connectivity index (χ0n) is 18.0. The number of nitro benzene ring substituents is 1. The maximum Gasteiger partial charge on any atom is 0.269 e. The first-order chi connectivity index (χ1) is 15.9. The van der Waals surface area contributed by atoms with Gasteiger partial charge >= 0.3 is 0 Å². The predicted octanol–water partition coefficient (Wildman–Crippen LogP) is 4.26. The Morgan fingerprint density at radius 3 is 2.36 bits per heavy atom. The number of amides is 2. The SMILES string of the molecule is Cc1ccc(N2C(=O)[C@H]3[C@@H](c4cccc([N+](=O)[O-])c4)N(c4ccccc4)O[C@H]3C2=O)c(C)c1. The number of anilines is 2. The third-order valence-electron chi connectivity index (χ3n) is 6.14. The lowest BCUT2D eigenvalue weighted by atomic mass is 9.90. The van der Waals surface area contributed by atoms with E-state index in [0.717, 1.165) is 11.1 Å². The number of hydrogen-bond donors (Lipinski definition) is 0. The van der Waals surface area contributed by atoms with Crippen LogP contribution in [0.4, 0.5) is 17.1 Å². The second-order valence-corrected chi connectivity index (χ2v) is 8.31. The van der Waals surface area contributed by atoms with Gasteiger partial charge in [-0.2, -0.15) is 0 Å². The van der Waals surface area contributed by atoms with Crippen LogP contribution < -0.4 is 9.96 Å². The van der Waals surface area contributed by atoms with E-state index < -0.39 is 28.9 Å². The highest BCUT2D eigenvalue weighted by atomic mass is 16.7. The standard InChI is InChI=1S/C25H21N3O5/c1-15-11-12-20(16(2)13-15)26-24(29)21-22(17-7-6-10-19(14-17)28(31)32)27(33-23(21)25(26)30)18-8-4-3-5-9-18/h3-14,21-23H,1-2H3/t21-,22+,23+/m0/s1. The third-order valence-corrected chi connectivity index (χ3v) is 6.14. The van der Waals surface area contributed by atoms with E-state index in [1.165, 1.54) is 22.1 Å². The first-order valence-corrected chi connectivity index (χ1v) is 10.6. The van der Waals surface area contributed by atoms with Crippen LogP contribution in [0, 0.1) is 29.9 Å². The van der Waals surface area contributed by atoms with Crippen LogP contribution in [-0.2, 0) is 14.4 Å². The Bertz CT molecular complexity index is 1280. The van der Waals surface area contributed by atoms with E-state index in [2.05, 4.69) is 0 Å². The first-order valence-electron chi connectivity index (χ1n) is 10.6. The summed E-state index contributed by atoms with van der Waals surface area (Å²) in [6, 6.07) is 20.1. The third kappa shape index (κ3) is 3.35. The van der Waals surface area contributed by atoms with E-state index in [0.29, 0.717) is 16.9 Å². The Morgan fingerprint density at radius 2 is 1.67 bits per heavy atom. The fourth-order valence-corrected chi connectivity index (χ4v) is 4.67. The number of fused-ring (bicyclic) bond motifs is 1. The van der Waals surface area contributed by atoms with Gasteiger partial charge in [0.2, 0.25) is 5.91 Å². The lowest BCUT2D eigenvalue weighted by Crippen LogP contribution is -2.37. The number of hydroxylamine groups is 1. The monoisotopic (exact) mass is 443 g/mol. The molecule has 0 aromatic heterocycles. The van der Waals surface area contributed by atoms with Crippen molar-refractivity contribution in [1.29, 1.82) is 0 Å². The van der Waals surface area contributed by atoms with Crippen molar-refractivity contribution in [3.8, 4) is 0 Å². The van der Waals surface area contributed by atoms with E-state index in [1.807, 2.05) is 56.3 Å². The number of carbonyl (C=O) groups is 2. The molecular weight excluding hydrogens is 422 g/mol. The molecule has 0 bridgehead atoms. The Kier molecular flexibility index (Phi) is 4.94. The minimum Gasteiger partial charge on any atom is -0.273 e. The number of nitro groups is 1. The molecule has 0 aliphatic carbocycles. The molecule has 3 atom stereocenters. The molecule has 8 nitrogen and oxygen atoms in total. The molecule has 0 unspecified atom stereocenters. The van der Waals surface area contributed by atoms with Crippen LogP contribution in [0.5, 0.6) is 0 Å². The molecular formula is C25H21N3O5. The molecule has 5 rings (SSSR count). The summed E-state index contributed by atoms with van der Waals surface area (Å²) < 4.78 is 0. The molecule has 2 heterocycles. The minimum atomic E-state index is -1.03. The molecule has 0 spiro atoms. The molecule has 2 aliphatic rings. The highest BCUT2D eigenvalue weighted by molar-refractivity contribution is 6.24. The summed E-state index contributed by atoms with van der Waals surface area (Å²) >= 11 is 0. The maximum atomic E-state index is 13.7. The van der Waals surface area contributed by atoms with E-state index in [-0.39, 0.29) is 11.6 Å². The number of hydrogen-bond acceptors (Lipinski definition) is 6. The van der Waals surface area contributed by atoms with Crippen molar-refractivity contribution in [2.24, 2.45) is 5.92 Å². The number of carbonyl (C=O) groups excluding carboxylic acids is 2. The van der Waals surface area contributed by atoms with Gasteiger partial charge in [0.05, 0.1) is 22.3 Å². The fourth-order valence-electron chi connectivity index (χ4n) is 4.67. The molecule has 3 aromatic carbocycles. The molecule has 2 saturated heterocycles. The highest BCUT2D eigenvalue weighted by Crippen LogP contribution is 2.48. The fraction of sp³-hybridized carbons (Fsp3) is 0.200. The summed E-state index contributed by atoms with van der Waals surface area (Å²) in [6.07, 6.45) is -1.03. The van der Waals surface area contributed by atoms with Crippen molar-refractivity contribution < 1.29 is 19.3 Å². The van der Waals surface area contributed by atoms with Crippen molar-refractivity contribution in [1.82, 2.24) is 0 Å². The lowest BCUT2D eigenvalue weighted by molar-refractivity contribution is -0.384. The van der Waals surface area contributed by atoms with Gasteiger partial charge in [0, 0.05) is 12.1 Å². The average Bonchev–Trinajstić information content (AvgIpc) is 3.31. The van der Waals surface area contributed by atoms with Gasteiger partial charge in [-0.05, 0) is 43.2 Å². The number of benzene rings is 3. The van der Waals surface area contributed by atoms with Crippen molar-refractivity contribution in [2.75, 3.05) is 9.96 Å². The molecule has 8 heteroatoms. The van der Waals surface area contributed by atoms with Crippen LogP contribution in [0.3, 0.4) is 0 Å². The lowest BCUT2D eigenvalue weighted by Gasteiger charge is -2.29. The van der Waals surface area contributed by atoms with Crippen LogP contribution in [0.2, 0.25) is 0 Å². The van der Waals surface area contributed by atoms with Crippen LogP contribution in [-0.4, -0.2) is 22.8 Å². The summed E-state index contributed by atoms with van der Waals surface area (Å²) in [5.74, 6) is -1.67. The molecule has 33 heavy (non-hydrogen) atoms. The molecule has 2 amide bonds. The summed E-state index contributed by atoms with van der Waals surface area (Å²) in [7, 11) is 0. The molecule has 0 saturated carbocycles. The van der Waals surface area contributed by atoms with Gasteiger partial charge < -0.3 is 0 Å². The van der Waals surface area contributed by atoms with Crippen LogP contribution in [0.25, 0.3) is 0 Å². The zero-order chi connectivity index (χ0) is 23.3. The molecule has 166 valence electrons. The van der Waals surface area contributed by atoms with Crippen molar-refractivity contribution >= 4 is 28.9 Å². The Hall–Kier alpha value is -4.04. The molecule has 0 radical (unpaired) electrons. The van der Waals surface area contributed by atoms with E-state index in [9.17, 15) is 19.7 Å². The molecule has 3 aromatic rings. The largest absolute Gasteiger partial charge is 0.273 e. The second kappa shape index (κ2) is 7.83. The summed E-state index contributed by atoms with van der Waals surface area (Å²) in [4.78, 5) is 45.3. The Balaban J connectivity index is 1.61. The summed E-state index contributed by atoms with van der Waals surface area (Å²) in [5.41, 5.74) is 3.45. The smallest absolute Gasteiger partial charge is 0.269 e. The van der Waals surface area contributed by atoms with Gasteiger partial charge in [0.1, 0.15) is 5.92 Å². The summed E-state index contributed by atoms with van der Waals surface area (Å²) in [6.45, 7) is 3.80. The number of imide groups is 1. The quantitative estimate of drug-likeness (QED) is 0.340. The first kappa shape index (κ1) is 20.8. The van der Waals surface area contributed by atoms with Gasteiger partial charge in [-0.25, -0.2) is 9.96 Å². The van der Waals surface area contributed by atoms with Gasteiger partial charge in [0.25, 0.3) is 11.6 Å². The number of non-ortho nitro benzene ring substituents is 1. The predicted molar refractivity (Wildman–Crippen MR) is 122 cm³/mol. The van der Waals surface area contributed by atoms with Crippen LogP contribution in [0.15, 0.2) is 72.8 Å².